The molecule has 0 radical (unpaired) electrons. The zero-order valence-electron chi connectivity index (χ0n) is 15.3. The lowest BCUT2D eigenvalue weighted by Gasteiger charge is -2.61. The molecule has 0 saturated heterocycles. The minimum absolute atomic E-state index is 0.703. The third-order valence-electron chi connectivity index (χ3n) is 10.5. The first-order valence-corrected chi connectivity index (χ1v) is 10.4. The molecule has 5 saturated carbocycles. The second-order valence-corrected chi connectivity index (χ2v) is 11.0. The Hall–Kier alpha value is 0. The summed E-state index contributed by atoms with van der Waals surface area (Å²) in [5.41, 5.74) is 2.23. The van der Waals surface area contributed by atoms with Crippen molar-refractivity contribution in [1.82, 2.24) is 0 Å². The molecule has 22 heavy (non-hydrogen) atoms. The molecule has 0 N–H and O–H groups in total. The van der Waals surface area contributed by atoms with Gasteiger partial charge in [0.2, 0.25) is 0 Å². The van der Waals surface area contributed by atoms with E-state index >= 15 is 0 Å². The summed E-state index contributed by atoms with van der Waals surface area (Å²) in [5.74, 6) is 6.39. The monoisotopic (exact) mass is 300 g/mol. The van der Waals surface area contributed by atoms with E-state index in [2.05, 4.69) is 27.7 Å². The van der Waals surface area contributed by atoms with Gasteiger partial charge in [-0.25, -0.2) is 0 Å². The summed E-state index contributed by atoms with van der Waals surface area (Å²) in [6.07, 6.45) is 14.1. The van der Waals surface area contributed by atoms with Crippen molar-refractivity contribution in [2.24, 2.45) is 51.8 Å². The van der Waals surface area contributed by atoms with Gasteiger partial charge in [-0.3, -0.25) is 0 Å². The molecule has 1 spiro atoms. The summed E-state index contributed by atoms with van der Waals surface area (Å²) in [6, 6.07) is 0. The Morgan fingerprint density at radius 2 is 1.64 bits per heavy atom. The molecule has 5 rings (SSSR count). The van der Waals surface area contributed by atoms with Gasteiger partial charge < -0.3 is 0 Å². The Balaban J connectivity index is 1.51. The average Bonchev–Trinajstić information content (AvgIpc) is 3.08. The van der Waals surface area contributed by atoms with Crippen LogP contribution >= 0.6 is 0 Å². The summed E-state index contributed by atoms with van der Waals surface area (Å²) in [5, 5.41) is 0. The van der Waals surface area contributed by atoms with Crippen LogP contribution in [0, 0.1) is 51.8 Å². The van der Waals surface area contributed by atoms with Crippen molar-refractivity contribution in [1.29, 1.82) is 0 Å². The highest BCUT2D eigenvalue weighted by atomic mass is 14.8. The van der Waals surface area contributed by atoms with Gasteiger partial charge in [-0.15, -0.1) is 0 Å². The summed E-state index contributed by atoms with van der Waals surface area (Å²) in [6.45, 7) is 10.5. The van der Waals surface area contributed by atoms with E-state index in [1.165, 1.54) is 12.8 Å². The summed E-state index contributed by atoms with van der Waals surface area (Å²) >= 11 is 0. The second kappa shape index (κ2) is 4.15. The van der Waals surface area contributed by atoms with Crippen molar-refractivity contribution >= 4 is 0 Å². The molecule has 0 heteroatoms. The predicted molar refractivity (Wildman–Crippen MR) is 92.5 cm³/mol. The molecule has 9 atom stereocenters. The van der Waals surface area contributed by atoms with E-state index in [0.717, 1.165) is 46.3 Å². The van der Waals surface area contributed by atoms with E-state index in [9.17, 15) is 0 Å². The Morgan fingerprint density at radius 1 is 0.818 bits per heavy atom. The quantitative estimate of drug-likeness (QED) is 0.492. The maximum absolute atomic E-state index is 2.76. The smallest absolute Gasteiger partial charge is 0.0207 e. The van der Waals surface area contributed by atoms with Crippen LogP contribution in [-0.2, 0) is 0 Å². The number of rotatable bonds is 0. The van der Waals surface area contributed by atoms with Crippen LogP contribution in [0.1, 0.15) is 85.5 Å². The minimum Gasteiger partial charge on any atom is -0.0625 e. The molecule has 0 nitrogen and oxygen atoms in total. The van der Waals surface area contributed by atoms with Gasteiger partial charge in [0.25, 0.3) is 0 Å². The van der Waals surface area contributed by atoms with E-state index < -0.39 is 0 Å². The number of hydrogen-bond donors (Lipinski definition) is 0. The van der Waals surface area contributed by atoms with Crippen LogP contribution in [0.25, 0.3) is 0 Å². The van der Waals surface area contributed by atoms with Crippen LogP contribution in [-0.4, -0.2) is 0 Å². The van der Waals surface area contributed by atoms with Crippen LogP contribution in [0.4, 0.5) is 0 Å². The molecular formula is C22H36. The highest BCUT2D eigenvalue weighted by molar-refractivity contribution is 5.22. The maximum atomic E-state index is 2.76. The molecule has 0 aromatic heterocycles. The van der Waals surface area contributed by atoms with E-state index in [1.807, 2.05) is 0 Å². The Labute approximate surface area is 137 Å². The van der Waals surface area contributed by atoms with Crippen LogP contribution in [0.5, 0.6) is 0 Å². The maximum Gasteiger partial charge on any atom is -0.0207 e. The first-order chi connectivity index (χ1) is 10.4. The standard InChI is InChI=1S/C22H36/c1-14-7-10-21(4)19-8-9-20(3)15(2)5-6-18(20)17(19)11-16-13-22(16,21)12-14/h14-19H,5-13H2,1-4H3/t14-,15-,16+,17?,18?,19?,20+,21+,22-/m0/s1. The molecule has 0 aromatic carbocycles. The first kappa shape index (κ1) is 14.4. The van der Waals surface area contributed by atoms with E-state index in [0.29, 0.717) is 5.41 Å². The van der Waals surface area contributed by atoms with Crippen molar-refractivity contribution < 1.29 is 0 Å². The molecule has 0 bridgehead atoms. The van der Waals surface area contributed by atoms with Gasteiger partial charge in [-0.1, -0.05) is 34.1 Å². The Kier molecular flexibility index (Phi) is 2.71. The van der Waals surface area contributed by atoms with Crippen molar-refractivity contribution in [2.45, 2.75) is 85.5 Å². The third-order valence-corrected chi connectivity index (χ3v) is 10.5. The lowest BCUT2D eigenvalue weighted by atomic mass is 9.44. The zero-order chi connectivity index (χ0) is 15.3. The lowest BCUT2D eigenvalue weighted by molar-refractivity contribution is -0.124. The molecule has 5 aliphatic carbocycles. The molecule has 5 aliphatic rings. The Bertz CT molecular complexity index is 494. The summed E-state index contributed by atoms with van der Waals surface area (Å²) in [7, 11) is 0. The van der Waals surface area contributed by atoms with Crippen LogP contribution in [0.3, 0.4) is 0 Å². The zero-order valence-corrected chi connectivity index (χ0v) is 15.3. The molecule has 0 heterocycles. The Morgan fingerprint density at radius 3 is 2.45 bits per heavy atom. The van der Waals surface area contributed by atoms with Gasteiger partial charge >= 0.3 is 0 Å². The van der Waals surface area contributed by atoms with Gasteiger partial charge in [0.15, 0.2) is 0 Å². The minimum atomic E-state index is 0.703. The molecule has 0 amide bonds. The van der Waals surface area contributed by atoms with E-state index in [4.69, 9.17) is 0 Å². The summed E-state index contributed by atoms with van der Waals surface area (Å²) in [4.78, 5) is 0. The van der Waals surface area contributed by atoms with Gasteiger partial charge in [-0.05, 0) is 103 Å². The van der Waals surface area contributed by atoms with Crippen LogP contribution in [0.2, 0.25) is 0 Å². The topological polar surface area (TPSA) is 0 Å². The molecular weight excluding hydrogens is 264 g/mol. The van der Waals surface area contributed by atoms with Gasteiger partial charge in [0.05, 0.1) is 0 Å². The number of hydrogen-bond acceptors (Lipinski definition) is 0. The fourth-order valence-corrected chi connectivity index (χ4v) is 8.94. The fourth-order valence-electron chi connectivity index (χ4n) is 8.94. The fraction of sp³-hybridized carbons (Fsp3) is 1.00. The highest BCUT2D eigenvalue weighted by Gasteiger charge is 2.73. The van der Waals surface area contributed by atoms with Crippen LogP contribution in [0.15, 0.2) is 0 Å². The third kappa shape index (κ3) is 1.47. The molecule has 0 aromatic rings. The van der Waals surface area contributed by atoms with E-state index in [-0.39, 0.29) is 0 Å². The SMILES string of the molecule is C[C@H]1CC[C@]2(C)C3CC[C@@]4(C)C(CC[C@@H]4C)C3C[C@@H]3C[C@@]32C1. The van der Waals surface area contributed by atoms with E-state index in [1.54, 1.807) is 44.9 Å². The largest absolute Gasteiger partial charge is 0.0625 e. The lowest BCUT2D eigenvalue weighted by Crippen LogP contribution is -2.54. The highest BCUT2D eigenvalue weighted by Crippen LogP contribution is 2.81. The average molecular weight is 301 g/mol. The summed E-state index contributed by atoms with van der Waals surface area (Å²) < 4.78 is 0. The van der Waals surface area contributed by atoms with Crippen LogP contribution < -0.4 is 0 Å². The first-order valence-electron chi connectivity index (χ1n) is 10.4. The van der Waals surface area contributed by atoms with Crippen molar-refractivity contribution in [2.75, 3.05) is 0 Å². The van der Waals surface area contributed by atoms with Crippen molar-refractivity contribution in [3.63, 3.8) is 0 Å². The molecule has 124 valence electrons. The van der Waals surface area contributed by atoms with Gasteiger partial charge in [0, 0.05) is 0 Å². The molecule has 5 fully saturated rings. The second-order valence-electron chi connectivity index (χ2n) is 11.0. The van der Waals surface area contributed by atoms with Gasteiger partial charge in [0.1, 0.15) is 0 Å². The van der Waals surface area contributed by atoms with Crippen molar-refractivity contribution in [3.8, 4) is 0 Å². The number of fused-ring (bicyclic) bond motifs is 4. The molecule has 0 aliphatic heterocycles. The molecule has 3 unspecified atom stereocenters. The normalized spacial score (nSPS) is 66.0. The van der Waals surface area contributed by atoms with Crippen molar-refractivity contribution in [3.05, 3.63) is 0 Å². The predicted octanol–water partition coefficient (Wildman–Crippen LogP) is 6.30. The van der Waals surface area contributed by atoms with Gasteiger partial charge in [-0.2, -0.15) is 0 Å².